The molecule has 0 saturated carbocycles. The van der Waals surface area contributed by atoms with E-state index in [1.807, 2.05) is 6.92 Å². The zero-order valence-corrected chi connectivity index (χ0v) is 16.5. The summed E-state index contributed by atoms with van der Waals surface area (Å²) in [5.74, 6) is -0.125. The summed E-state index contributed by atoms with van der Waals surface area (Å²) in [4.78, 5) is 6.04. The molecule has 11 heteroatoms. The average Bonchev–Trinajstić information content (AvgIpc) is 2.97. The van der Waals surface area contributed by atoms with Crippen LogP contribution in [-0.2, 0) is 0 Å². The van der Waals surface area contributed by atoms with Crippen molar-refractivity contribution in [2.75, 3.05) is 17.2 Å². The SMILES string of the molecule is CCN(C(=S)CCSC(F)(F)C=C(F)F)c1cn(-c2cccnc2)nc1Cl. The summed E-state index contributed by atoms with van der Waals surface area (Å²) >= 11 is 11.6. The van der Waals surface area contributed by atoms with Crippen LogP contribution in [0.3, 0.4) is 0 Å². The molecule has 0 bridgehead atoms. The molecule has 0 aliphatic rings. The van der Waals surface area contributed by atoms with Crippen LogP contribution < -0.4 is 4.90 Å². The van der Waals surface area contributed by atoms with Crippen molar-refractivity contribution >= 4 is 46.3 Å². The molecular formula is C16H15ClF4N4S2. The van der Waals surface area contributed by atoms with Crippen molar-refractivity contribution < 1.29 is 17.6 Å². The van der Waals surface area contributed by atoms with Crippen LogP contribution >= 0.6 is 35.6 Å². The van der Waals surface area contributed by atoms with Crippen molar-refractivity contribution in [3.63, 3.8) is 0 Å². The van der Waals surface area contributed by atoms with Gasteiger partial charge in [0.1, 0.15) is 0 Å². The predicted molar refractivity (Wildman–Crippen MR) is 104 cm³/mol. The summed E-state index contributed by atoms with van der Waals surface area (Å²) in [6, 6.07) is 3.55. The Balaban J connectivity index is 2.07. The maximum atomic E-state index is 13.3. The van der Waals surface area contributed by atoms with Crippen molar-refractivity contribution in [1.29, 1.82) is 0 Å². The van der Waals surface area contributed by atoms with Gasteiger partial charge < -0.3 is 4.90 Å². The summed E-state index contributed by atoms with van der Waals surface area (Å²) in [7, 11) is 0. The highest BCUT2D eigenvalue weighted by Gasteiger charge is 2.28. The minimum atomic E-state index is -3.64. The van der Waals surface area contributed by atoms with E-state index in [9.17, 15) is 17.6 Å². The quantitative estimate of drug-likeness (QED) is 0.397. The maximum absolute atomic E-state index is 13.3. The zero-order chi connectivity index (χ0) is 20.0. The Morgan fingerprint density at radius 1 is 1.44 bits per heavy atom. The molecule has 0 atom stereocenters. The number of aromatic nitrogens is 3. The Labute approximate surface area is 168 Å². The predicted octanol–water partition coefficient (Wildman–Crippen LogP) is 5.57. The van der Waals surface area contributed by atoms with E-state index in [1.165, 1.54) is 4.68 Å². The standard InChI is InChI=1S/C16H15ClF4N4S2/c1-2-24(14(26)5-7-27-16(20,21)8-13(18)19)12-10-25(23-15(12)17)11-4-3-6-22-9-11/h3-4,6,8-10H,2,5,7H2,1H3. The third-order valence-electron chi connectivity index (χ3n) is 3.36. The Morgan fingerprint density at radius 3 is 2.78 bits per heavy atom. The third-order valence-corrected chi connectivity index (χ3v) is 4.96. The van der Waals surface area contributed by atoms with Gasteiger partial charge in [0.25, 0.3) is 6.08 Å². The molecule has 27 heavy (non-hydrogen) atoms. The Bertz CT molecular complexity index is 810. The average molecular weight is 439 g/mol. The van der Waals surface area contributed by atoms with Crippen molar-refractivity contribution in [1.82, 2.24) is 14.8 Å². The van der Waals surface area contributed by atoms with Gasteiger partial charge >= 0.3 is 5.25 Å². The molecule has 0 unspecified atom stereocenters. The monoisotopic (exact) mass is 438 g/mol. The van der Waals surface area contributed by atoms with Crippen molar-refractivity contribution in [2.24, 2.45) is 0 Å². The number of pyridine rings is 1. The molecule has 0 spiro atoms. The molecule has 2 aromatic rings. The van der Waals surface area contributed by atoms with Crippen LogP contribution in [0.15, 0.2) is 42.9 Å². The second-order valence-electron chi connectivity index (χ2n) is 5.19. The largest absolute Gasteiger partial charge is 0.332 e. The highest BCUT2D eigenvalue weighted by molar-refractivity contribution is 8.00. The van der Waals surface area contributed by atoms with Gasteiger partial charge in [-0.25, -0.2) is 4.68 Å². The van der Waals surface area contributed by atoms with Crippen LogP contribution in [0.25, 0.3) is 5.69 Å². The third kappa shape index (κ3) is 6.18. The number of thiocarbonyl (C=S) groups is 1. The van der Waals surface area contributed by atoms with Gasteiger partial charge in [-0.2, -0.15) is 22.7 Å². The number of halogens is 5. The lowest BCUT2D eigenvalue weighted by atomic mass is 10.3. The van der Waals surface area contributed by atoms with Gasteiger partial charge in [-0.3, -0.25) is 4.98 Å². The van der Waals surface area contributed by atoms with E-state index in [4.69, 9.17) is 23.8 Å². The number of anilines is 1. The van der Waals surface area contributed by atoms with Gasteiger partial charge in [-0.1, -0.05) is 35.6 Å². The lowest BCUT2D eigenvalue weighted by molar-refractivity contribution is 0.155. The second kappa shape index (κ2) is 9.52. The number of nitrogens with zero attached hydrogens (tertiary/aromatic N) is 4. The lowest BCUT2D eigenvalue weighted by Gasteiger charge is -2.22. The number of hydrogen-bond donors (Lipinski definition) is 0. The van der Waals surface area contributed by atoms with Crippen LogP contribution in [0.5, 0.6) is 0 Å². The van der Waals surface area contributed by atoms with E-state index in [1.54, 1.807) is 35.6 Å². The molecule has 4 nitrogen and oxygen atoms in total. The molecule has 0 aromatic carbocycles. The van der Waals surface area contributed by atoms with E-state index < -0.39 is 11.3 Å². The first-order valence-corrected chi connectivity index (χ1v) is 9.52. The molecule has 2 heterocycles. The number of thioether (sulfide) groups is 1. The molecule has 0 aliphatic heterocycles. The number of alkyl halides is 2. The van der Waals surface area contributed by atoms with Crippen molar-refractivity contribution in [2.45, 2.75) is 18.6 Å². The number of rotatable bonds is 8. The first kappa shape index (κ1) is 21.6. The van der Waals surface area contributed by atoms with Gasteiger partial charge in [-0.15, -0.1) is 0 Å². The molecular weight excluding hydrogens is 424 g/mol. The molecule has 146 valence electrons. The number of hydrogen-bond acceptors (Lipinski definition) is 4. The van der Waals surface area contributed by atoms with Crippen LogP contribution in [0.1, 0.15) is 13.3 Å². The van der Waals surface area contributed by atoms with Crippen LogP contribution in [-0.4, -0.2) is 37.3 Å². The first-order chi connectivity index (χ1) is 12.7. The fraction of sp³-hybridized carbons (Fsp3) is 0.312. The van der Waals surface area contributed by atoms with Crippen LogP contribution in [0.2, 0.25) is 5.15 Å². The molecule has 0 saturated heterocycles. The second-order valence-corrected chi connectivity index (χ2v) is 7.26. The normalized spacial score (nSPS) is 11.3. The summed E-state index contributed by atoms with van der Waals surface area (Å²) < 4.78 is 52.2. The van der Waals surface area contributed by atoms with Gasteiger partial charge in [-0.05, 0) is 19.1 Å². The highest BCUT2D eigenvalue weighted by atomic mass is 35.5. The summed E-state index contributed by atoms with van der Waals surface area (Å²) in [5.41, 5.74) is 1.22. The summed E-state index contributed by atoms with van der Waals surface area (Å²) in [6.45, 7) is 2.27. The maximum Gasteiger partial charge on any atom is 0.317 e. The molecule has 0 fully saturated rings. The van der Waals surface area contributed by atoms with Crippen LogP contribution in [0, 0.1) is 0 Å². The molecule has 0 radical (unpaired) electrons. The van der Waals surface area contributed by atoms with Crippen LogP contribution in [0.4, 0.5) is 23.2 Å². The van der Waals surface area contributed by atoms with E-state index in [0.29, 0.717) is 22.9 Å². The van der Waals surface area contributed by atoms with E-state index in [2.05, 4.69) is 10.1 Å². The lowest BCUT2D eigenvalue weighted by Crippen LogP contribution is -2.29. The fourth-order valence-electron chi connectivity index (χ4n) is 2.21. The summed E-state index contributed by atoms with van der Waals surface area (Å²) in [6.07, 6.45) is 2.21. The zero-order valence-electron chi connectivity index (χ0n) is 14.1. The molecule has 0 amide bonds. The Morgan fingerprint density at radius 2 is 2.19 bits per heavy atom. The minimum Gasteiger partial charge on any atom is -0.332 e. The minimum absolute atomic E-state index is 0.0968. The molecule has 2 rings (SSSR count). The van der Waals surface area contributed by atoms with E-state index in [-0.39, 0.29) is 35.2 Å². The molecule has 2 aromatic heterocycles. The summed E-state index contributed by atoms with van der Waals surface area (Å²) in [5, 5.41) is 0.762. The topological polar surface area (TPSA) is 34.0 Å². The highest BCUT2D eigenvalue weighted by Crippen LogP contribution is 2.33. The van der Waals surface area contributed by atoms with E-state index >= 15 is 0 Å². The fourth-order valence-corrected chi connectivity index (χ4v) is 3.64. The molecule has 0 N–H and O–H groups in total. The van der Waals surface area contributed by atoms with Gasteiger partial charge in [0, 0.05) is 24.9 Å². The van der Waals surface area contributed by atoms with Gasteiger partial charge in [0.2, 0.25) is 0 Å². The van der Waals surface area contributed by atoms with Crippen molar-refractivity contribution in [3.05, 3.63) is 48.0 Å². The van der Waals surface area contributed by atoms with Gasteiger partial charge in [0.15, 0.2) is 5.15 Å². The van der Waals surface area contributed by atoms with Gasteiger partial charge in [0.05, 0.1) is 34.8 Å². The van der Waals surface area contributed by atoms with Crippen molar-refractivity contribution in [3.8, 4) is 5.69 Å². The Hall–Kier alpha value is -1.65. The van der Waals surface area contributed by atoms with E-state index in [0.717, 1.165) is 0 Å². The molecule has 0 aliphatic carbocycles. The Kier molecular flexibility index (Phi) is 7.63. The smallest absolute Gasteiger partial charge is 0.317 e. The first-order valence-electron chi connectivity index (χ1n) is 7.75.